The van der Waals surface area contributed by atoms with Gasteiger partial charge in [0.2, 0.25) is 5.91 Å². The zero-order valence-corrected chi connectivity index (χ0v) is 13.1. The molecule has 0 aliphatic carbocycles. The number of hydrogen-bond donors (Lipinski definition) is 2. The van der Waals surface area contributed by atoms with E-state index >= 15 is 0 Å². The lowest BCUT2D eigenvalue weighted by atomic mass is 9.92. The average molecular weight is 312 g/mol. The van der Waals surface area contributed by atoms with Gasteiger partial charge in [-0.25, -0.2) is 4.79 Å². The number of nitrogens with one attached hydrogen (secondary N) is 1. The molecule has 0 aromatic carbocycles. The molecule has 0 bridgehead atoms. The maximum absolute atomic E-state index is 12.1. The molecule has 0 radical (unpaired) electrons. The fraction of sp³-hybridized carbons (Fsp3) is 0.643. The molecular weight excluding hydrogens is 292 g/mol. The molecule has 0 saturated carbocycles. The Morgan fingerprint density at radius 2 is 2.05 bits per heavy atom. The normalized spacial score (nSPS) is 17.4. The quantitative estimate of drug-likeness (QED) is 0.859. The Labute approximate surface area is 127 Å². The van der Waals surface area contributed by atoms with Crippen LogP contribution in [0, 0.1) is 13.8 Å². The number of aromatic nitrogens is 1. The lowest BCUT2D eigenvalue weighted by Crippen LogP contribution is -2.56. The van der Waals surface area contributed by atoms with E-state index in [1.165, 1.54) is 0 Å². The van der Waals surface area contributed by atoms with Crippen molar-refractivity contribution in [3.63, 3.8) is 0 Å². The highest BCUT2D eigenvalue weighted by Gasteiger charge is 2.41. The number of rotatable bonds is 5. The first-order valence-corrected chi connectivity index (χ1v) is 8.14. The summed E-state index contributed by atoms with van der Waals surface area (Å²) in [5, 5.41) is 16.0. The number of aryl methyl sites for hydroxylation is 2. The number of hydrogen-bond acceptors (Lipinski definition) is 5. The van der Waals surface area contributed by atoms with Gasteiger partial charge < -0.3 is 14.9 Å². The van der Waals surface area contributed by atoms with Crippen LogP contribution in [0.5, 0.6) is 0 Å². The molecule has 7 heteroatoms. The molecule has 1 aliphatic rings. The van der Waals surface area contributed by atoms with Crippen molar-refractivity contribution in [1.29, 1.82) is 0 Å². The fourth-order valence-corrected chi connectivity index (χ4v) is 3.73. The third-order valence-corrected chi connectivity index (χ3v) is 4.90. The van der Waals surface area contributed by atoms with Crippen molar-refractivity contribution in [2.24, 2.45) is 0 Å². The summed E-state index contributed by atoms with van der Waals surface area (Å²) in [6, 6.07) is 0. The van der Waals surface area contributed by atoms with Crippen LogP contribution >= 0.6 is 11.8 Å². The SMILES string of the molecule is Cc1noc(C)c1CCC(=O)NC1(C(=O)O)CCSCC1. The summed E-state index contributed by atoms with van der Waals surface area (Å²) in [6.45, 7) is 3.64. The van der Waals surface area contributed by atoms with E-state index in [4.69, 9.17) is 4.52 Å². The minimum Gasteiger partial charge on any atom is -0.480 e. The van der Waals surface area contributed by atoms with Crippen LogP contribution < -0.4 is 5.32 Å². The number of aliphatic carboxylic acids is 1. The molecule has 1 aromatic rings. The molecule has 1 aliphatic heterocycles. The van der Waals surface area contributed by atoms with Gasteiger partial charge in [-0.15, -0.1) is 0 Å². The number of amides is 1. The highest BCUT2D eigenvalue weighted by atomic mass is 32.2. The van der Waals surface area contributed by atoms with Gasteiger partial charge in [-0.05, 0) is 44.6 Å². The van der Waals surface area contributed by atoms with Crippen LogP contribution in [0.1, 0.15) is 36.3 Å². The van der Waals surface area contributed by atoms with Crippen LogP contribution in [0.15, 0.2) is 4.52 Å². The van der Waals surface area contributed by atoms with Crippen molar-refractivity contribution in [2.45, 2.75) is 45.1 Å². The van der Waals surface area contributed by atoms with Crippen molar-refractivity contribution in [3.8, 4) is 0 Å². The highest BCUT2D eigenvalue weighted by molar-refractivity contribution is 7.99. The Kier molecular flexibility index (Phi) is 4.92. The monoisotopic (exact) mass is 312 g/mol. The smallest absolute Gasteiger partial charge is 0.329 e. The molecular formula is C14H20N2O4S. The van der Waals surface area contributed by atoms with Crippen molar-refractivity contribution in [3.05, 3.63) is 17.0 Å². The number of carboxylic acid groups (broad SMARTS) is 1. The number of carbonyl (C=O) groups is 2. The van der Waals surface area contributed by atoms with Crippen LogP contribution in [0.2, 0.25) is 0 Å². The standard InChI is InChI=1S/C14H20N2O4S/c1-9-11(10(2)20-16-9)3-4-12(17)15-14(13(18)19)5-7-21-8-6-14/h3-8H2,1-2H3,(H,15,17)(H,18,19). The van der Waals surface area contributed by atoms with Crippen LogP contribution in [0.4, 0.5) is 0 Å². The minimum atomic E-state index is -1.10. The Balaban J connectivity index is 1.95. The largest absolute Gasteiger partial charge is 0.480 e. The van der Waals surface area contributed by atoms with Gasteiger partial charge in [0.1, 0.15) is 11.3 Å². The molecule has 1 fully saturated rings. The molecule has 0 spiro atoms. The summed E-state index contributed by atoms with van der Waals surface area (Å²) in [7, 11) is 0. The fourth-order valence-electron chi connectivity index (χ4n) is 2.54. The summed E-state index contributed by atoms with van der Waals surface area (Å²) < 4.78 is 5.06. The first kappa shape index (κ1) is 15.9. The van der Waals surface area contributed by atoms with Gasteiger partial charge in [0, 0.05) is 12.0 Å². The molecule has 2 heterocycles. The summed E-state index contributed by atoms with van der Waals surface area (Å²) in [5.41, 5.74) is 0.609. The molecule has 1 amide bonds. The minimum absolute atomic E-state index is 0.232. The van der Waals surface area contributed by atoms with E-state index in [2.05, 4.69) is 10.5 Å². The van der Waals surface area contributed by atoms with Gasteiger partial charge in [-0.2, -0.15) is 11.8 Å². The van der Waals surface area contributed by atoms with E-state index in [-0.39, 0.29) is 12.3 Å². The molecule has 6 nitrogen and oxygen atoms in total. The number of nitrogens with zero attached hydrogens (tertiary/aromatic N) is 1. The van der Waals surface area contributed by atoms with Crippen LogP contribution in [0.25, 0.3) is 0 Å². The second-order valence-corrected chi connectivity index (χ2v) is 6.58. The van der Waals surface area contributed by atoms with E-state index in [0.717, 1.165) is 22.8 Å². The second kappa shape index (κ2) is 6.51. The van der Waals surface area contributed by atoms with Gasteiger partial charge >= 0.3 is 5.97 Å². The van der Waals surface area contributed by atoms with Crippen molar-refractivity contribution in [2.75, 3.05) is 11.5 Å². The van der Waals surface area contributed by atoms with E-state index in [9.17, 15) is 14.7 Å². The van der Waals surface area contributed by atoms with Gasteiger partial charge in [0.25, 0.3) is 0 Å². The predicted octanol–water partition coefficient (Wildman–Crippen LogP) is 1.69. The molecule has 0 unspecified atom stereocenters. The Morgan fingerprint density at radius 3 is 2.57 bits per heavy atom. The Hall–Kier alpha value is -1.50. The summed E-state index contributed by atoms with van der Waals surface area (Å²) >= 11 is 1.72. The van der Waals surface area contributed by atoms with Crippen molar-refractivity contribution < 1.29 is 19.2 Å². The maximum atomic E-state index is 12.1. The number of carboxylic acids is 1. The lowest BCUT2D eigenvalue weighted by Gasteiger charge is -2.33. The van der Waals surface area contributed by atoms with Gasteiger partial charge in [-0.3, -0.25) is 4.79 Å². The lowest BCUT2D eigenvalue weighted by molar-refractivity contribution is -0.148. The van der Waals surface area contributed by atoms with Crippen LogP contribution in [0.3, 0.4) is 0 Å². The van der Waals surface area contributed by atoms with Gasteiger partial charge in [0.15, 0.2) is 0 Å². The van der Waals surface area contributed by atoms with E-state index in [0.29, 0.717) is 25.0 Å². The number of carbonyl (C=O) groups excluding carboxylic acids is 1. The van der Waals surface area contributed by atoms with Crippen molar-refractivity contribution >= 4 is 23.6 Å². The van der Waals surface area contributed by atoms with E-state index in [1.807, 2.05) is 13.8 Å². The molecule has 0 atom stereocenters. The van der Waals surface area contributed by atoms with E-state index < -0.39 is 11.5 Å². The topological polar surface area (TPSA) is 92.4 Å². The van der Waals surface area contributed by atoms with Crippen LogP contribution in [-0.4, -0.2) is 39.2 Å². The maximum Gasteiger partial charge on any atom is 0.329 e. The molecule has 2 N–H and O–H groups in total. The summed E-state index contributed by atoms with van der Waals surface area (Å²) in [4.78, 5) is 23.6. The molecule has 21 heavy (non-hydrogen) atoms. The third kappa shape index (κ3) is 3.58. The van der Waals surface area contributed by atoms with Gasteiger partial charge in [-0.1, -0.05) is 5.16 Å². The zero-order chi connectivity index (χ0) is 15.5. The molecule has 2 rings (SSSR count). The molecule has 1 saturated heterocycles. The molecule has 1 aromatic heterocycles. The first-order valence-electron chi connectivity index (χ1n) is 6.98. The summed E-state index contributed by atoms with van der Waals surface area (Å²) in [6.07, 6.45) is 1.70. The van der Waals surface area contributed by atoms with Gasteiger partial charge in [0.05, 0.1) is 5.69 Å². The summed E-state index contributed by atoms with van der Waals surface area (Å²) in [5.74, 6) is 1.06. The van der Waals surface area contributed by atoms with Crippen LogP contribution in [-0.2, 0) is 16.0 Å². The van der Waals surface area contributed by atoms with E-state index in [1.54, 1.807) is 11.8 Å². The Morgan fingerprint density at radius 1 is 1.38 bits per heavy atom. The number of thioether (sulfide) groups is 1. The second-order valence-electron chi connectivity index (χ2n) is 5.35. The first-order chi connectivity index (χ1) is 9.94. The average Bonchev–Trinajstić information content (AvgIpc) is 2.76. The zero-order valence-electron chi connectivity index (χ0n) is 12.3. The van der Waals surface area contributed by atoms with Crippen molar-refractivity contribution in [1.82, 2.24) is 10.5 Å². The highest BCUT2D eigenvalue weighted by Crippen LogP contribution is 2.27. The third-order valence-electron chi connectivity index (χ3n) is 3.92. The Bertz CT molecular complexity index is 516. The molecule has 116 valence electrons. The predicted molar refractivity (Wildman–Crippen MR) is 79.4 cm³/mol.